The molecule has 1 aliphatic heterocycles. The van der Waals surface area contributed by atoms with Crippen LogP contribution in [-0.2, 0) is 4.79 Å². The molecule has 106 valence electrons. The molecule has 1 aliphatic rings. The zero-order valence-corrected chi connectivity index (χ0v) is 11.3. The highest BCUT2D eigenvalue weighted by Gasteiger charge is 2.21. The van der Waals surface area contributed by atoms with Crippen LogP contribution in [0.4, 0.5) is 5.82 Å². The number of hydrogen-bond donors (Lipinski definition) is 1. The molecule has 0 aliphatic carbocycles. The van der Waals surface area contributed by atoms with E-state index in [9.17, 15) is 4.79 Å². The maximum atomic E-state index is 10.7. The lowest BCUT2D eigenvalue weighted by Gasteiger charge is -2.33. The average molecular weight is 274 g/mol. The van der Waals surface area contributed by atoms with Gasteiger partial charge in [0.1, 0.15) is 5.82 Å². The summed E-state index contributed by atoms with van der Waals surface area (Å²) in [5, 5.41) is 12.9. The summed E-state index contributed by atoms with van der Waals surface area (Å²) in [6.45, 7) is 1.88. The van der Waals surface area contributed by atoms with Crippen LogP contribution in [0.2, 0.25) is 0 Å². The van der Waals surface area contributed by atoms with E-state index >= 15 is 0 Å². The molecule has 0 radical (unpaired) electrons. The van der Waals surface area contributed by atoms with Crippen molar-refractivity contribution in [2.45, 2.75) is 25.7 Å². The molecule has 1 fully saturated rings. The SMILES string of the molecule is O=C(O)CCC1CCCN(c2ccn3nccc3n2)C1. The Balaban J connectivity index is 1.70. The third-order valence-corrected chi connectivity index (χ3v) is 3.85. The maximum absolute atomic E-state index is 10.7. The molecule has 0 bridgehead atoms. The van der Waals surface area contributed by atoms with Gasteiger partial charge in [-0.05, 0) is 31.2 Å². The number of carboxylic acid groups (broad SMARTS) is 1. The van der Waals surface area contributed by atoms with Gasteiger partial charge < -0.3 is 10.0 Å². The number of carbonyl (C=O) groups is 1. The number of fused-ring (bicyclic) bond motifs is 1. The quantitative estimate of drug-likeness (QED) is 0.920. The molecule has 3 heterocycles. The summed E-state index contributed by atoms with van der Waals surface area (Å²) < 4.78 is 1.75. The van der Waals surface area contributed by atoms with Gasteiger partial charge in [0.25, 0.3) is 0 Å². The van der Waals surface area contributed by atoms with E-state index in [2.05, 4.69) is 15.0 Å². The monoisotopic (exact) mass is 274 g/mol. The highest BCUT2D eigenvalue weighted by atomic mass is 16.4. The van der Waals surface area contributed by atoms with Crippen molar-refractivity contribution in [3.8, 4) is 0 Å². The summed E-state index contributed by atoms with van der Waals surface area (Å²) in [5.41, 5.74) is 0.843. The van der Waals surface area contributed by atoms with Gasteiger partial charge in [0.05, 0.1) is 6.20 Å². The van der Waals surface area contributed by atoms with Crippen LogP contribution in [0.1, 0.15) is 25.7 Å². The smallest absolute Gasteiger partial charge is 0.303 e. The number of aliphatic carboxylic acids is 1. The van der Waals surface area contributed by atoms with Crippen molar-refractivity contribution in [1.82, 2.24) is 14.6 Å². The average Bonchev–Trinajstić information content (AvgIpc) is 2.93. The minimum absolute atomic E-state index is 0.258. The Bertz CT molecular complexity index is 610. The predicted octanol–water partition coefficient (Wildman–Crippen LogP) is 1.81. The largest absolute Gasteiger partial charge is 0.481 e. The Morgan fingerprint density at radius 2 is 2.35 bits per heavy atom. The lowest BCUT2D eigenvalue weighted by molar-refractivity contribution is -0.137. The van der Waals surface area contributed by atoms with Gasteiger partial charge in [-0.1, -0.05) is 0 Å². The third kappa shape index (κ3) is 2.74. The van der Waals surface area contributed by atoms with Crippen molar-refractivity contribution >= 4 is 17.4 Å². The van der Waals surface area contributed by atoms with Gasteiger partial charge >= 0.3 is 5.97 Å². The highest BCUT2D eigenvalue weighted by Crippen LogP contribution is 2.24. The van der Waals surface area contributed by atoms with Gasteiger partial charge in [-0.25, -0.2) is 9.50 Å². The lowest BCUT2D eigenvalue weighted by atomic mass is 9.93. The number of hydrogen-bond acceptors (Lipinski definition) is 4. The fourth-order valence-electron chi connectivity index (χ4n) is 2.82. The zero-order valence-electron chi connectivity index (χ0n) is 11.3. The Labute approximate surface area is 117 Å². The van der Waals surface area contributed by atoms with Crippen molar-refractivity contribution in [2.75, 3.05) is 18.0 Å². The third-order valence-electron chi connectivity index (χ3n) is 3.85. The topological polar surface area (TPSA) is 70.7 Å². The molecule has 6 nitrogen and oxygen atoms in total. The minimum Gasteiger partial charge on any atom is -0.481 e. The van der Waals surface area contributed by atoms with Crippen molar-refractivity contribution < 1.29 is 9.90 Å². The van der Waals surface area contributed by atoms with Gasteiger partial charge in [0, 0.05) is 31.8 Å². The zero-order chi connectivity index (χ0) is 13.9. The van der Waals surface area contributed by atoms with E-state index in [4.69, 9.17) is 5.11 Å². The fourth-order valence-corrected chi connectivity index (χ4v) is 2.82. The molecule has 1 atom stereocenters. The van der Waals surface area contributed by atoms with Crippen LogP contribution >= 0.6 is 0 Å². The molecule has 1 unspecified atom stereocenters. The molecule has 1 N–H and O–H groups in total. The lowest BCUT2D eigenvalue weighted by Crippen LogP contribution is -2.36. The number of aromatic nitrogens is 3. The highest BCUT2D eigenvalue weighted by molar-refractivity contribution is 5.66. The van der Waals surface area contributed by atoms with E-state index in [0.29, 0.717) is 5.92 Å². The van der Waals surface area contributed by atoms with E-state index in [-0.39, 0.29) is 6.42 Å². The van der Waals surface area contributed by atoms with E-state index < -0.39 is 5.97 Å². The van der Waals surface area contributed by atoms with Crippen LogP contribution < -0.4 is 4.90 Å². The Kier molecular flexibility index (Phi) is 3.54. The number of anilines is 1. The summed E-state index contributed by atoms with van der Waals surface area (Å²) >= 11 is 0. The van der Waals surface area contributed by atoms with E-state index in [1.165, 1.54) is 0 Å². The van der Waals surface area contributed by atoms with Crippen LogP contribution in [0.25, 0.3) is 5.65 Å². The maximum Gasteiger partial charge on any atom is 0.303 e. The van der Waals surface area contributed by atoms with Crippen LogP contribution in [-0.4, -0.2) is 38.8 Å². The fraction of sp³-hybridized carbons (Fsp3) is 0.500. The molecule has 2 aromatic heterocycles. The second kappa shape index (κ2) is 5.48. The van der Waals surface area contributed by atoms with Crippen molar-refractivity contribution in [2.24, 2.45) is 5.92 Å². The van der Waals surface area contributed by atoms with E-state index in [1.54, 1.807) is 10.7 Å². The van der Waals surface area contributed by atoms with Crippen LogP contribution in [0, 0.1) is 5.92 Å². The first-order valence-electron chi connectivity index (χ1n) is 6.99. The summed E-state index contributed by atoms with van der Waals surface area (Å²) in [4.78, 5) is 17.5. The van der Waals surface area contributed by atoms with Crippen molar-refractivity contribution in [1.29, 1.82) is 0 Å². The van der Waals surface area contributed by atoms with Crippen molar-refractivity contribution in [3.05, 3.63) is 24.5 Å². The number of piperidine rings is 1. The molecule has 6 heteroatoms. The summed E-state index contributed by atoms with van der Waals surface area (Å²) in [6.07, 6.45) is 6.86. The van der Waals surface area contributed by atoms with Gasteiger partial charge in [-0.3, -0.25) is 4.79 Å². The van der Waals surface area contributed by atoms with Crippen LogP contribution in [0.3, 0.4) is 0 Å². The summed E-state index contributed by atoms with van der Waals surface area (Å²) in [7, 11) is 0. The Hall–Kier alpha value is -2.11. The second-order valence-electron chi connectivity index (χ2n) is 5.31. The number of nitrogens with zero attached hydrogens (tertiary/aromatic N) is 4. The Morgan fingerprint density at radius 3 is 3.20 bits per heavy atom. The second-order valence-corrected chi connectivity index (χ2v) is 5.31. The van der Waals surface area contributed by atoms with Crippen LogP contribution in [0.5, 0.6) is 0 Å². The van der Waals surface area contributed by atoms with Crippen molar-refractivity contribution in [3.63, 3.8) is 0 Å². The molecular formula is C14H18N4O2. The summed E-state index contributed by atoms with van der Waals surface area (Å²) in [5.74, 6) is 0.696. The molecule has 0 aromatic carbocycles. The first-order valence-corrected chi connectivity index (χ1v) is 6.99. The predicted molar refractivity (Wildman–Crippen MR) is 74.8 cm³/mol. The first kappa shape index (κ1) is 12.9. The van der Waals surface area contributed by atoms with Gasteiger partial charge in [-0.15, -0.1) is 0 Å². The van der Waals surface area contributed by atoms with E-state index in [0.717, 1.165) is 43.8 Å². The van der Waals surface area contributed by atoms with Crippen LogP contribution in [0.15, 0.2) is 24.5 Å². The Morgan fingerprint density at radius 1 is 1.45 bits per heavy atom. The van der Waals surface area contributed by atoms with Gasteiger partial charge in [0.15, 0.2) is 5.65 Å². The normalized spacial score (nSPS) is 19.4. The molecule has 3 rings (SSSR count). The minimum atomic E-state index is -0.707. The summed E-state index contributed by atoms with van der Waals surface area (Å²) in [6, 6.07) is 3.86. The first-order chi connectivity index (χ1) is 9.72. The van der Waals surface area contributed by atoms with Gasteiger partial charge in [0.2, 0.25) is 0 Å². The standard InChI is InChI=1S/C14H18N4O2/c19-14(20)4-3-11-2-1-8-17(10-11)12-6-9-18-13(16-12)5-7-15-18/h5-7,9,11H,1-4,8,10H2,(H,19,20). The molecule has 0 amide bonds. The molecule has 20 heavy (non-hydrogen) atoms. The molecule has 0 spiro atoms. The number of rotatable bonds is 4. The number of carboxylic acids is 1. The van der Waals surface area contributed by atoms with Gasteiger partial charge in [-0.2, -0.15) is 5.10 Å². The molecule has 0 saturated carbocycles. The molecule has 1 saturated heterocycles. The molecular weight excluding hydrogens is 256 g/mol. The molecule has 2 aromatic rings. The van der Waals surface area contributed by atoms with E-state index in [1.807, 2.05) is 18.3 Å².